The largest absolute Gasteiger partial charge is 0.433 e. The smallest absolute Gasteiger partial charge is 0.360 e. The minimum Gasteiger partial charge on any atom is -0.360 e. The third-order valence-corrected chi connectivity index (χ3v) is 4.55. The van der Waals surface area contributed by atoms with Gasteiger partial charge >= 0.3 is 6.18 Å². The first-order valence-electron chi connectivity index (χ1n) is 8.49. The van der Waals surface area contributed by atoms with Crippen molar-refractivity contribution >= 4 is 29.1 Å². The molecule has 1 saturated carbocycles. The van der Waals surface area contributed by atoms with Crippen molar-refractivity contribution in [2.24, 2.45) is 11.8 Å². The maximum absolute atomic E-state index is 13.2. The Kier molecular flexibility index (Phi) is 5.04. The zero-order valence-corrected chi connectivity index (χ0v) is 15.0. The quantitative estimate of drug-likeness (QED) is 0.792. The summed E-state index contributed by atoms with van der Waals surface area (Å²) >= 11 is 5.13. The molecule has 0 aromatic carbocycles. The van der Waals surface area contributed by atoms with Gasteiger partial charge in [-0.2, -0.15) is 18.2 Å². The molecule has 1 aromatic heterocycles. The van der Waals surface area contributed by atoms with Crippen molar-refractivity contribution in [3.05, 3.63) is 11.8 Å². The van der Waals surface area contributed by atoms with Crippen LogP contribution in [-0.4, -0.2) is 34.2 Å². The highest BCUT2D eigenvalue weighted by atomic mass is 32.1. The maximum Gasteiger partial charge on any atom is 0.433 e. The van der Waals surface area contributed by atoms with E-state index in [1.807, 2.05) is 4.90 Å². The molecular formula is C16H22F3N5S. The van der Waals surface area contributed by atoms with E-state index >= 15 is 0 Å². The summed E-state index contributed by atoms with van der Waals surface area (Å²) in [6, 6.07) is 1.32. The number of aromatic nitrogens is 2. The topological polar surface area (TPSA) is 53.1 Å². The molecule has 2 N–H and O–H groups in total. The first-order valence-corrected chi connectivity index (χ1v) is 8.90. The van der Waals surface area contributed by atoms with Crippen LogP contribution in [0.15, 0.2) is 6.07 Å². The molecule has 138 valence electrons. The summed E-state index contributed by atoms with van der Waals surface area (Å²) in [6.07, 6.45) is -1.44. The normalized spacial score (nSPS) is 24.1. The van der Waals surface area contributed by atoms with E-state index in [2.05, 4.69) is 34.4 Å². The molecule has 5 nitrogen and oxygen atoms in total. The lowest BCUT2D eigenvalue weighted by atomic mass is 9.92. The lowest BCUT2D eigenvalue weighted by Gasteiger charge is -2.36. The highest BCUT2D eigenvalue weighted by Crippen LogP contribution is 2.32. The van der Waals surface area contributed by atoms with Gasteiger partial charge in [-0.05, 0) is 43.3 Å². The van der Waals surface area contributed by atoms with Gasteiger partial charge < -0.3 is 15.5 Å². The Morgan fingerprint density at radius 3 is 2.40 bits per heavy atom. The highest BCUT2D eigenvalue weighted by molar-refractivity contribution is 7.80. The number of anilines is 2. The summed E-state index contributed by atoms with van der Waals surface area (Å²) in [5.74, 6) is 0.982. The third kappa shape index (κ3) is 4.93. The van der Waals surface area contributed by atoms with E-state index in [4.69, 9.17) is 12.2 Å². The highest BCUT2D eigenvalue weighted by Gasteiger charge is 2.35. The molecule has 1 aliphatic carbocycles. The molecule has 1 aromatic rings. The van der Waals surface area contributed by atoms with E-state index in [1.165, 1.54) is 0 Å². The molecule has 25 heavy (non-hydrogen) atoms. The lowest BCUT2D eigenvalue weighted by molar-refractivity contribution is -0.141. The molecule has 9 heteroatoms. The van der Waals surface area contributed by atoms with Crippen molar-refractivity contribution in [1.29, 1.82) is 0 Å². The second-order valence-electron chi connectivity index (χ2n) is 7.16. The van der Waals surface area contributed by atoms with E-state index in [0.717, 1.165) is 25.3 Å². The van der Waals surface area contributed by atoms with Crippen molar-refractivity contribution in [2.75, 3.05) is 23.3 Å². The van der Waals surface area contributed by atoms with Crippen molar-refractivity contribution in [2.45, 2.75) is 45.3 Å². The zero-order chi connectivity index (χ0) is 18.2. The molecule has 0 bridgehead atoms. The number of nitrogens with one attached hydrogen (secondary N) is 2. The number of hydrogen-bond acceptors (Lipinski definition) is 4. The average Bonchev–Trinajstić information content (AvgIpc) is 3.28. The maximum atomic E-state index is 13.2. The molecule has 0 amide bonds. The SMILES string of the molecule is C[C@@H]1C[C@@H](C)CN(c2cc(C(F)(F)F)nc(NC(=S)NC3CC3)n2)C1. The van der Waals surface area contributed by atoms with E-state index in [9.17, 15) is 13.2 Å². The van der Waals surface area contributed by atoms with Gasteiger partial charge in [-0.25, -0.2) is 4.98 Å². The summed E-state index contributed by atoms with van der Waals surface area (Å²) in [4.78, 5) is 9.79. The Balaban J connectivity index is 1.85. The van der Waals surface area contributed by atoms with Crippen LogP contribution in [0.5, 0.6) is 0 Å². The molecule has 0 radical (unpaired) electrons. The van der Waals surface area contributed by atoms with Gasteiger partial charge in [0.25, 0.3) is 0 Å². The van der Waals surface area contributed by atoms with Gasteiger partial charge in [-0.3, -0.25) is 0 Å². The first-order chi connectivity index (χ1) is 11.7. The Bertz CT molecular complexity index is 637. The summed E-state index contributed by atoms with van der Waals surface area (Å²) in [7, 11) is 0. The Morgan fingerprint density at radius 1 is 1.20 bits per heavy atom. The van der Waals surface area contributed by atoms with E-state index in [-0.39, 0.29) is 16.9 Å². The van der Waals surface area contributed by atoms with Crippen LogP contribution in [0.2, 0.25) is 0 Å². The number of hydrogen-bond donors (Lipinski definition) is 2. The van der Waals surface area contributed by atoms with Gasteiger partial charge in [0, 0.05) is 25.2 Å². The van der Waals surface area contributed by atoms with Crippen LogP contribution in [0, 0.1) is 11.8 Å². The molecule has 2 aliphatic rings. The fourth-order valence-corrected chi connectivity index (χ4v) is 3.46. The monoisotopic (exact) mass is 373 g/mol. The molecule has 2 atom stereocenters. The first kappa shape index (κ1) is 18.2. The predicted molar refractivity (Wildman–Crippen MR) is 94.6 cm³/mol. The average molecular weight is 373 g/mol. The van der Waals surface area contributed by atoms with Gasteiger partial charge in [0.1, 0.15) is 5.82 Å². The zero-order valence-electron chi connectivity index (χ0n) is 14.2. The number of alkyl halides is 3. The Hall–Kier alpha value is -1.64. The summed E-state index contributed by atoms with van der Waals surface area (Å²) in [5.41, 5.74) is -0.958. The fraction of sp³-hybridized carbons (Fsp3) is 0.688. The molecule has 1 saturated heterocycles. The number of halogens is 3. The summed E-state index contributed by atoms with van der Waals surface area (Å²) < 4.78 is 39.7. The minimum atomic E-state index is -4.54. The van der Waals surface area contributed by atoms with Crippen molar-refractivity contribution in [1.82, 2.24) is 15.3 Å². The van der Waals surface area contributed by atoms with Crippen LogP contribution in [0.3, 0.4) is 0 Å². The number of thiocarbonyl (C=S) groups is 1. The van der Waals surface area contributed by atoms with Gasteiger partial charge in [-0.1, -0.05) is 13.8 Å². The second kappa shape index (κ2) is 6.93. The minimum absolute atomic E-state index is 0.117. The molecule has 0 unspecified atom stereocenters. The van der Waals surface area contributed by atoms with Gasteiger partial charge in [0.2, 0.25) is 5.95 Å². The van der Waals surface area contributed by atoms with Crippen molar-refractivity contribution in [3.8, 4) is 0 Å². The molecule has 2 heterocycles. The van der Waals surface area contributed by atoms with Crippen molar-refractivity contribution < 1.29 is 13.2 Å². The van der Waals surface area contributed by atoms with Crippen molar-refractivity contribution in [3.63, 3.8) is 0 Å². The van der Waals surface area contributed by atoms with Gasteiger partial charge in [0.05, 0.1) is 0 Å². The van der Waals surface area contributed by atoms with Crippen LogP contribution in [0.4, 0.5) is 24.9 Å². The summed E-state index contributed by atoms with van der Waals surface area (Å²) in [5, 5.41) is 5.98. The number of nitrogens with zero attached hydrogens (tertiary/aromatic N) is 3. The molecule has 1 aliphatic heterocycles. The fourth-order valence-electron chi connectivity index (χ4n) is 3.20. The van der Waals surface area contributed by atoms with E-state index in [0.29, 0.717) is 31.0 Å². The lowest BCUT2D eigenvalue weighted by Crippen LogP contribution is -2.39. The van der Waals surface area contributed by atoms with Crippen LogP contribution >= 0.6 is 12.2 Å². The van der Waals surface area contributed by atoms with E-state index < -0.39 is 11.9 Å². The van der Waals surface area contributed by atoms with Crippen LogP contribution in [0.1, 0.15) is 38.8 Å². The van der Waals surface area contributed by atoms with Gasteiger partial charge in [-0.15, -0.1) is 0 Å². The van der Waals surface area contributed by atoms with E-state index in [1.54, 1.807) is 0 Å². The second-order valence-corrected chi connectivity index (χ2v) is 7.56. The molecule has 0 spiro atoms. The predicted octanol–water partition coefficient (Wildman–Crippen LogP) is 3.43. The van der Waals surface area contributed by atoms with Crippen LogP contribution in [0.25, 0.3) is 0 Å². The van der Waals surface area contributed by atoms with Crippen LogP contribution < -0.4 is 15.5 Å². The standard InChI is InChI=1S/C16H22F3N5S/c1-9-5-10(2)8-24(7-9)13-6-12(16(17,18)19)21-14(22-13)23-15(25)20-11-3-4-11/h6,9-11H,3-5,7-8H2,1-2H3,(H2,20,21,22,23,25)/t9-,10-/m1/s1. The van der Waals surface area contributed by atoms with Gasteiger partial charge in [0.15, 0.2) is 10.8 Å². The van der Waals surface area contributed by atoms with Crippen LogP contribution in [-0.2, 0) is 6.18 Å². The molecule has 2 fully saturated rings. The number of rotatable bonds is 3. The Morgan fingerprint density at radius 2 is 1.84 bits per heavy atom. The number of piperidine rings is 1. The molecular weight excluding hydrogens is 351 g/mol. The molecule has 3 rings (SSSR count). The third-order valence-electron chi connectivity index (χ3n) is 4.33. The Labute approximate surface area is 150 Å². The summed E-state index contributed by atoms with van der Waals surface area (Å²) in [6.45, 7) is 5.57.